The molecule has 2 nitrogen and oxygen atoms in total. The number of fused-ring (bicyclic) bond motifs is 1. The van der Waals surface area contributed by atoms with E-state index in [2.05, 4.69) is 9.97 Å². The van der Waals surface area contributed by atoms with Crippen LogP contribution in [-0.4, -0.2) is 9.97 Å². The van der Waals surface area contributed by atoms with Crippen molar-refractivity contribution in [3.8, 4) is 11.4 Å². The number of hydrogen-bond donors (Lipinski definition) is 1. The van der Waals surface area contributed by atoms with Crippen molar-refractivity contribution in [2.24, 2.45) is 0 Å². The van der Waals surface area contributed by atoms with E-state index in [0.717, 1.165) is 12.1 Å². The van der Waals surface area contributed by atoms with Gasteiger partial charge in [0.05, 0.1) is 11.1 Å². The van der Waals surface area contributed by atoms with Crippen molar-refractivity contribution >= 4 is 11.0 Å². The Bertz CT molecular complexity index is 780. The van der Waals surface area contributed by atoms with E-state index in [-0.39, 0.29) is 22.4 Å². The summed E-state index contributed by atoms with van der Waals surface area (Å²) >= 11 is 0. The molecule has 0 saturated carbocycles. The molecule has 0 spiro atoms. The minimum Gasteiger partial charge on any atom is -0.338 e. The zero-order valence-corrected chi connectivity index (χ0v) is 9.35. The van der Waals surface area contributed by atoms with Crippen LogP contribution in [0.25, 0.3) is 22.4 Å². The van der Waals surface area contributed by atoms with Crippen molar-refractivity contribution in [1.82, 2.24) is 9.97 Å². The van der Waals surface area contributed by atoms with Gasteiger partial charge in [-0.25, -0.2) is 22.5 Å². The van der Waals surface area contributed by atoms with Gasteiger partial charge in [-0.2, -0.15) is 0 Å². The Morgan fingerprint density at radius 1 is 0.842 bits per heavy atom. The van der Waals surface area contributed by atoms with Gasteiger partial charge in [0, 0.05) is 12.1 Å². The Hall–Kier alpha value is -2.37. The quantitative estimate of drug-likeness (QED) is 0.667. The van der Waals surface area contributed by atoms with Gasteiger partial charge in [0.1, 0.15) is 28.8 Å². The molecule has 0 aliphatic rings. The molecule has 1 aromatic heterocycles. The van der Waals surface area contributed by atoms with E-state index in [9.17, 15) is 17.6 Å². The molecule has 0 unspecified atom stereocenters. The Morgan fingerprint density at radius 3 is 2.32 bits per heavy atom. The van der Waals surface area contributed by atoms with E-state index in [4.69, 9.17) is 0 Å². The number of nitrogens with zero attached hydrogens (tertiary/aromatic N) is 1. The summed E-state index contributed by atoms with van der Waals surface area (Å²) in [7, 11) is 0. The van der Waals surface area contributed by atoms with E-state index in [1.165, 1.54) is 6.07 Å². The fourth-order valence-corrected chi connectivity index (χ4v) is 1.85. The second-order valence-electron chi connectivity index (χ2n) is 3.99. The molecule has 0 fully saturated rings. The number of aromatic amines is 1. The molecule has 0 amide bonds. The van der Waals surface area contributed by atoms with Crippen LogP contribution in [0.3, 0.4) is 0 Å². The van der Waals surface area contributed by atoms with Crippen molar-refractivity contribution in [2.75, 3.05) is 0 Å². The number of benzene rings is 2. The molecule has 0 radical (unpaired) electrons. The fraction of sp³-hybridized carbons (Fsp3) is 0. The predicted octanol–water partition coefficient (Wildman–Crippen LogP) is 3.79. The number of nitrogens with one attached hydrogen (secondary N) is 1. The summed E-state index contributed by atoms with van der Waals surface area (Å²) in [6.45, 7) is 0. The first kappa shape index (κ1) is 11.7. The molecule has 3 aromatic rings. The van der Waals surface area contributed by atoms with Crippen molar-refractivity contribution < 1.29 is 17.6 Å². The van der Waals surface area contributed by atoms with Crippen LogP contribution in [0, 0.1) is 23.3 Å². The van der Waals surface area contributed by atoms with Crippen LogP contribution in [0.15, 0.2) is 30.3 Å². The standard InChI is InChI=1S/C13H6F4N2/c14-6-1-2-8(9(16)3-6)13-18-11-5-7(15)4-10(17)12(11)19-13/h1-5H,(H,18,19). The molecule has 6 heteroatoms. The van der Waals surface area contributed by atoms with Gasteiger partial charge in [-0.05, 0) is 18.2 Å². The molecule has 0 atom stereocenters. The Morgan fingerprint density at radius 2 is 1.58 bits per heavy atom. The molecule has 1 heterocycles. The van der Waals surface area contributed by atoms with Crippen LogP contribution in [0.5, 0.6) is 0 Å². The molecule has 0 aliphatic heterocycles. The number of hydrogen-bond acceptors (Lipinski definition) is 1. The monoisotopic (exact) mass is 266 g/mol. The Labute approximate surface area is 104 Å². The van der Waals surface area contributed by atoms with Crippen molar-refractivity contribution in [3.05, 3.63) is 53.6 Å². The van der Waals surface area contributed by atoms with Crippen LogP contribution < -0.4 is 0 Å². The molecular weight excluding hydrogens is 260 g/mol. The lowest BCUT2D eigenvalue weighted by molar-refractivity contribution is 0.584. The summed E-state index contributed by atoms with van der Waals surface area (Å²) in [5.41, 5.74) is -0.00578. The summed E-state index contributed by atoms with van der Waals surface area (Å²) in [5, 5.41) is 0. The number of aromatic nitrogens is 2. The molecule has 0 aliphatic carbocycles. The normalized spacial score (nSPS) is 11.2. The molecule has 0 saturated heterocycles. The Kier molecular flexibility index (Phi) is 2.51. The third-order valence-corrected chi connectivity index (χ3v) is 2.69. The van der Waals surface area contributed by atoms with Crippen LogP contribution in [0.2, 0.25) is 0 Å². The minimum atomic E-state index is -0.847. The van der Waals surface area contributed by atoms with Crippen LogP contribution in [0.4, 0.5) is 17.6 Å². The average Bonchev–Trinajstić information content (AvgIpc) is 2.72. The highest BCUT2D eigenvalue weighted by atomic mass is 19.1. The number of halogens is 4. The predicted molar refractivity (Wildman–Crippen MR) is 61.4 cm³/mol. The van der Waals surface area contributed by atoms with Gasteiger partial charge in [-0.1, -0.05) is 0 Å². The average molecular weight is 266 g/mol. The van der Waals surface area contributed by atoms with Crippen molar-refractivity contribution in [2.45, 2.75) is 0 Å². The van der Waals surface area contributed by atoms with Crippen LogP contribution >= 0.6 is 0 Å². The lowest BCUT2D eigenvalue weighted by atomic mass is 10.2. The molecule has 19 heavy (non-hydrogen) atoms. The van der Waals surface area contributed by atoms with Gasteiger partial charge in [0.2, 0.25) is 0 Å². The molecule has 96 valence electrons. The summed E-state index contributed by atoms with van der Waals surface area (Å²) in [6, 6.07) is 4.67. The third-order valence-electron chi connectivity index (χ3n) is 2.69. The molecule has 2 aromatic carbocycles. The van der Waals surface area contributed by atoms with Gasteiger partial charge >= 0.3 is 0 Å². The Balaban J connectivity index is 2.23. The SMILES string of the molecule is Fc1ccc(-c2nc3c(F)cc(F)cc3[nH]2)c(F)c1. The number of H-pyrrole nitrogens is 1. The second-order valence-corrected chi connectivity index (χ2v) is 3.99. The number of imidazole rings is 1. The first-order valence-electron chi connectivity index (χ1n) is 5.35. The van der Waals surface area contributed by atoms with Gasteiger partial charge in [0.25, 0.3) is 0 Å². The minimum absolute atomic E-state index is 0.0111. The zero-order chi connectivity index (χ0) is 13.6. The van der Waals surface area contributed by atoms with E-state index in [1.54, 1.807) is 0 Å². The number of rotatable bonds is 1. The molecule has 1 N–H and O–H groups in total. The summed E-state index contributed by atoms with van der Waals surface area (Å²) < 4.78 is 52.9. The first-order chi connectivity index (χ1) is 9.04. The second kappa shape index (κ2) is 4.08. The summed E-state index contributed by atoms with van der Waals surface area (Å²) in [5.74, 6) is -3.16. The smallest absolute Gasteiger partial charge is 0.153 e. The van der Waals surface area contributed by atoms with Crippen molar-refractivity contribution in [3.63, 3.8) is 0 Å². The largest absolute Gasteiger partial charge is 0.338 e. The molecule has 0 bridgehead atoms. The lowest BCUT2D eigenvalue weighted by Gasteiger charge is -1.98. The maximum atomic E-state index is 13.6. The van der Waals surface area contributed by atoms with E-state index < -0.39 is 23.3 Å². The summed E-state index contributed by atoms with van der Waals surface area (Å²) in [4.78, 5) is 6.45. The highest BCUT2D eigenvalue weighted by Gasteiger charge is 2.14. The maximum absolute atomic E-state index is 13.6. The first-order valence-corrected chi connectivity index (χ1v) is 5.35. The van der Waals surface area contributed by atoms with E-state index >= 15 is 0 Å². The maximum Gasteiger partial charge on any atom is 0.153 e. The van der Waals surface area contributed by atoms with Crippen LogP contribution in [-0.2, 0) is 0 Å². The molecule has 3 rings (SSSR count). The van der Waals surface area contributed by atoms with Gasteiger partial charge in [-0.3, -0.25) is 0 Å². The van der Waals surface area contributed by atoms with E-state index in [1.807, 2.05) is 0 Å². The highest BCUT2D eigenvalue weighted by molar-refractivity contribution is 5.80. The van der Waals surface area contributed by atoms with Gasteiger partial charge < -0.3 is 4.98 Å². The molecular formula is C13H6F4N2. The van der Waals surface area contributed by atoms with Crippen LogP contribution in [0.1, 0.15) is 0 Å². The lowest BCUT2D eigenvalue weighted by Crippen LogP contribution is -1.87. The fourth-order valence-electron chi connectivity index (χ4n) is 1.85. The summed E-state index contributed by atoms with van der Waals surface area (Å²) in [6.07, 6.45) is 0. The third kappa shape index (κ3) is 1.95. The zero-order valence-electron chi connectivity index (χ0n) is 9.35. The van der Waals surface area contributed by atoms with E-state index in [0.29, 0.717) is 12.1 Å². The van der Waals surface area contributed by atoms with Gasteiger partial charge in [0.15, 0.2) is 5.82 Å². The highest BCUT2D eigenvalue weighted by Crippen LogP contribution is 2.25. The topological polar surface area (TPSA) is 28.7 Å². The van der Waals surface area contributed by atoms with Gasteiger partial charge in [-0.15, -0.1) is 0 Å². The van der Waals surface area contributed by atoms with Crippen molar-refractivity contribution in [1.29, 1.82) is 0 Å².